The molecule has 0 atom stereocenters. The molecule has 0 aromatic heterocycles. The van der Waals surface area contributed by atoms with Crippen molar-refractivity contribution >= 4 is 17.5 Å². The van der Waals surface area contributed by atoms with E-state index in [-0.39, 0.29) is 17.2 Å². The summed E-state index contributed by atoms with van der Waals surface area (Å²) in [4.78, 5) is 28.9. The lowest BCUT2D eigenvalue weighted by atomic mass is 10.1. The quantitative estimate of drug-likeness (QED) is 0.873. The van der Waals surface area contributed by atoms with Crippen molar-refractivity contribution in [3.05, 3.63) is 65.2 Å². The Kier molecular flexibility index (Phi) is 5.69. The minimum Gasteiger partial charge on any atom is -0.336 e. The number of carbonyl (C=O) groups is 2. The van der Waals surface area contributed by atoms with Crippen LogP contribution in [0, 0.1) is 0 Å². The molecule has 1 fully saturated rings. The van der Waals surface area contributed by atoms with Gasteiger partial charge in [-0.15, -0.1) is 0 Å². The monoisotopic (exact) mass is 391 g/mol. The second-order valence-electron chi connectivity index (χ2n) is 6.71. The Morgan fingerprint density at radius 2 is 1.54 bits per heavy atom. The first-order chi connectivity index (χ1) is 13.2. The van der Waals surface area contributed by atoms with E-state index in [4.69, 9.17) is 0 Å². The molecule has 8 heteroatoms. The van der Waals surface area contributed by atoms with E-state index in [0.717, 1.165) is 25.2 Å². The van der Waals surface area contributed by atoms with Gasteiger partial charge in [0.25, 0.3) is 11.8 Å². The predicted octanol–water partition coefficient (Wildman–Crippen LogP) is 3.35. The fourth-order valence-electron chi connectivity index (χ4n) is 2.93. The number of anilines is 1. The topological polar surface area (TPSA) is 52.7 Å². The van der Waals surface area contributed by atoms with E-state index in [2.05, 4.69) is 10.2 Å². The largest absolute Gasteiger partial charge is 0.416 e. The molecule has 1 aliphatic rings. The fourth-order valence-corrected chi connectivity index (χ4v) is 2.93. The van der Waals surface area contributed by atoms with Crippen molar-refractivity contribution in [2.24, 2.45) is 0 Å². The molecule has 0 radical (unpaired) electrons. The van der Waals surface area contributed by atoms with Crippen LogP contribution in [-0.2, 0) is 6.18 Å². The Balaban J connectivity index is 1.69. The second-order valence-corrected chi connectivity index (χ2v) is 6.71. The van der Waals surface area contributed by atoms with Crippen molar-refractivity contribution in [1.82, 2.24) is 9.80 Å². The Labute approximate surface area is 160 Å². The van der Waals surface area contributed by atoms with Gasteiger partial charge in [-0.25, -0.2) is 0 Å². The molecule has 0 unspecified atom stereocenters. The maximum absolute atomic E-state index is 12.6. The van der Waals surface area contributed by atoms with Crippen LogP contribution >= 0.6 is 0 Å². The molecule has 2 amide bonds. The lowest BCUT2D eigenvalue weighted by Gasteiger charge is -2.32. The maximum Gasteiger partial charge on any atom is 0.416 e. The Morgan fingerprint density at radius 3 is 2.14 bits per heavy atom. The number of nitrogens with one attached hydrogen (secondary N) is 1. The van der Waals surface area contributed by atoms with Gasteiger partial charge in [0, 0.05) is 43.0 Å². The molecular weight excluding hydrogens is 371 g/mol. The van der Waals surface area contributed by atoms with E-state index in [1.54, 1.807) is 23.1 Å². The molecule has 1 N–H and O–H groups in total. The zero-order chi connectivity index (χ0) is 20.3. The summed E-state index contributed by atoms with van der Waals surface area (Å²) in [6.07, 6.45) is -4.43. The van der Waals surface area contributed by atoms with Crippen LogP contribution in [-0.4, -0.2) is 54.8 Å². The average molecular weight is 391 g/mol. The summed E-state index contributed by atoms with van der Waals surface area (Å²) in [5, 5.41) is 2.55. The third kappa shape index (κ3) is 4.69. The highest BCUT2D eigenvalue weighted by Gasteiger charge is 2.30. The third-order valence-corrected chi connectivity index (χ3v) is 4.63. The Bertz CT molecular complexity index is 858. The number of rotatable bonds is 3. The number of piperazine rings is 1. The van der Waals surface area contributed by atoms with Gasteiger partial charge >= 0.3 is 6.18 Å². The summed E-state index contributed by atoms with van der Waals surface area (Å²) in [6, 6.07) is 10.5. The molecule has 2 aromatic rings. The lowest BCUT2D eigenvalue weighted by Crippen LogP contribution is -2.47. The number of amides is 2. The highest BCUT2D eigenvalue weighted by molar-refractivity contribution is 6.06. The van der Waals surface area contributed by atoms with E-state index in [1.807, 2.05) is 7.05 Å². The Morgan fingerprint density at radius 1 is 0.929 bits per heavy atom. The molecule has 3 rings (SSSR count). The zero-order valence-corrected chi connectivity index (χ0v) is 15.3. The predicted molar refractivity (Wildman–Crippen MR) is 99.2 cm³/mol. The van der Waals surface area contributed by atoms with Crippen LogP contribution in [0.1, 0.15) is 26.3 Å². The van der Waals surface area contributed by atoms with E-state index < -0.39 is 17.6 Å². The smallest absolute Gasteiger partial charge is 0.336 e. The number of nitrogens with zero attached hydrogens (tertiary/aromatic N) is 2. The van der Waals surface area contributed by atoms with Gasteiger partial charge in [-0.05, 0) is 49.5 Å². The molecule has 2 aromatic carbocycles. The van der Waals surface area contributed by atoms with Gasteiger partial charge in [0.1, 0.15) is 0 Å². The summed E-state index contributed by atoms with van der Waals surface area (Å²) in [7, 11) is 1.99. The first kappa shape index (κ1) is 19.9. The second kappa shape index (κ2) is 8.02. The van der Waals surface area contributed by atoms with Crippen molar-refractivity contribution < 1.29 is 22.8 Å². The summed E-state index contributed by atoms with van der Waals surface area (Å²) in [5.74, 6) is -0.634. The molecule has 1 aliphatic heterocycles. The fraction of sp³-hybridized carbons (Fsp3) is 0.300. The van der Waals surface area contributed by atoms with Gasteiger partial charge in [0.15, 0.2) is 0 Å². The van der Waals surface area contributed by atoms with Crippen molar-refractivity contribution in [3.63, 3.8) is 0 Å². The van der Waals surface area contributed by atoms with E-state index in [9.17, 15) is 22.8 Å². The van der Waals surface area contributed by atoms with Gasteiger partial charge in [-0.2, -0.15) is 13.2 Å². The first-order valence-corrected chi connectivity index (χ1v) is 8.80. The number of hydrogen-bond acceptors (Lipinski definition) is 3. The number of carbonyl (C=O) groups excluding carboxylic acids is 2. The minimum atomic E-state index is -4.43. The van der Waals surface area contributed by atoms with Crippen LogP contribution in [0.4, 0.5) is 18.9 Å². The van der Waals surface area contributed by atoms with Crippen LogP contribution in [0.15, 0.2) is 48.5 Å². The molecule has 0 bridgehead atoms. The number of benzene rings is 2. The van der Waals surface area contributed by atoms with Crippen molar-refractivity contribution in [2.45, 2.75) is 6.18 Å². The first-order valence-electron chi connectivity index (χ1n) is 8.80. The summed E-state index contributed by atoms with van der Waals surface area (Å²) in [5.41, 5.74) is 0.128. The van der Waals surface area contributed by atoms with E-state index >= 15 is 0 Å². The molecule has 0 aliphatic carbocycles. The third-order valence-electron chi connectivity index (χ3n) is 4.63. The summed E-state index contributed by atoms with van der Waals surface area (Å²) >= 11 is 0. The minimum absolute atomic E-state index is 0.141. The van der Waals surface area contributed by atoms with Gasteiger partial charge in [0.2, 0.25) is 0 Å². The number of alkyl halides is 3. The van der Waals surface area contributed by atoms with Crippen molar-refractivity contribution in [3.8, 4) is 0 Å². The molecular formula is C20H20F3N3O2. The Hall–Kier alpha value is -2.87. The van der Waals surface area contributed by atoms with Crippen LogP contribution in [0.25, 0.3) is 0 Å². The van der Waals surface area contributed by atoms with E-state index in [0.29, 0.717) is 18.7 Å². The van der Waals surface area contributed by atoms with Gasteiger partial charge in [-0.1, -0.05) is 6.07 Å². The molecule has 5 nitrogen and oxygen atoms in total. The number of hydrogen-bond donors (Lipinski definition) is 1. The number of halogens is 3. The molecule has 148 valence electrons. The van der Waals surface area contributed by atoms with Gasteiger partial charge in [-0.3, -0.25) is 9.59 Å². The van der Waals surface area contributed by atoms with Gasteiger partial charge in [0.05, 0.1) is 5.56 Å². The van der Waals surface area contributed by atoms with Gasteiger partial charge < -0.3 is 15.1 Å². The van der Waals surface area contributed by atoms with Crippen LogP contribution in [0.2, 0.25) is 0 Å². The van der Waals surface area contributed by atoms with Crippen LogP contribution in [0.3, 0.4) is 0 Å². The molecule has 28 heavy (non-hydrogen) atoms. The van der Waals surface area contributed by atoms with Crippen LogP contribution < -0.4 is 5.32 Å². The molecule has 1 saturated heterocycles. The normalized spacial score (nSPS) is 15.4. The lowest BCUT2D eigenvalue weighted by molar-refractivity contribution is -0.137. The SMILES string of the molecule is CN1CCN(C(=O)c2cccc(C(=O)Nc3ccc(C(F)(F)F)cc3)c2)CC1. The molecule has 0 saturated carbocycles. The van der Waals surface area contributed by atoms with Crippen LogP contribution in [0.5, 0.6) is 0 Å². The standard InChI is InChI=1S/C20H20F3N3O2/c1-25-9-11-26(12-10-25)19(28)15-4-2-3-14(13-15)18(27)24-17-7-5-16(6-8-17)20(21,22)23/h2-8,13H,9-12H2,1H3,(H,24,27). The average Bonchev–Trinajstić information content (AvgIpc) is 2.68. The maximum atomic E-state index is 12.6. The highest BCUT2D eigenvalue weighted by Crippen LogP contribution is 2.29. The molecule has 0 spiro atoms. The summed E-state index contributed by atoms with van der Waals surface area (Å²) < 4.78 is 37.8. The van der Waals surface area contributed by atoms with Crippen molar-refractivity contribution in [1.29, 1.82) is 0 Å². The highest BCUT2D eigenvalue weighted by atomic mass is 19.4. The summed E-state index contributed by atoms with van der Waals surface area (Å²) in [6.45, 7) is 2.83. The van der Waals surface area contributed by atoms with E-state index in [1.165, 1.54) is 18.2 Å². The van der Waals surface area contributed by atoms with Crippen molar-refractivity contribution in [2.75, 3.05) is 38.5 Å². The zero-order valence-electron chi connectivity index (χ0n) is 15.3. The molecule has 1 heterocycles. The number of likely N-dealkylation sites (N-methyl/N-ethyl adjacent to an activating group) is 1.